The molecule has 2 rings (SSSR count). The summed E-state index contributed by atoms with van der Waals surface area (Å²) in [6, 6.07) is -1.63. The number of hydrogen-bond donors (Lipinski definition) is 6. The van der Waals surface area contributed by atoms with Crippen LogP contribution in [0, 0.1) is 0 Å². The smallest absolute Gasteiger partial charge is 0.320 e. The van der Waals surface area contributed by atoms with Crippen LogP contribution >= 0.6 is 0 Å². The van der Waals surface area contributed by atoms with Crippen molar-refractivity contribution in [3.8, 4) is 0 Å². The molecule has 0 amide bonds. The van der Waals surface area contributed by atoms with Crippen molar-refractivity contribution in [1.29, 1.82) is 0 Å². The number of fused-ring (bicyclic) bond motifs is 1. The molecule has 10 nitrogen and oxygen atoms in total. The minimum Gasteiger partial charge on any atom is -0.480 e. The Bertz CT molecular complexity index is 650. The first kappa shape index (κ1) is 22.1. The van der Waals surface area contributed by atoms with Crippen LogP contribution in [0.3, 0.4) is 0 Å². The Labute approximate surface area is 164 Å². The van der Waals surface area contributed by atoms with E-state index in [-0.39, 0.29) is 0 Å². The van der Waals surface area contributed by atoms with Crippen molar-refractivity contribution in [2.45, 2.75) is 69.9 Å². The first-order valence-electron chi connectivity index (χ1n) is 9.94. The number of nitrogens with one attached hydrogen (secondary N) is 2. The van der Waals surface area contributed by atoms with E-state index in [4.69, 9.17) is 26.7 Å². The molecule has 0 bridgehead atoms. The molecule has 1 aliphatic rings. The maximum Gasteiger partial charge on any atom is 0.320 e. The Kier molecular flexibility index (Phi) is 8.68. The van der Waals surface area contributed by atoms with E-state index in [1.54, 1.807) is 0 Å². The number of nitrogens with two attached hydrogens (primary N) is 2. The number of aromatic amines is 1. The first-order chi connectivity index (χ1) is 13.4. The number of hydrazine groups is 1. The van der Waals surface area contributed by atoms with Gasteiger partial charge < -0.3 is 26.7 Å². The SMILES string of the molecule is NC(CCCc1nc2c([nH]1)CCCCN2NCCCC[C@H](N)C(=O)O)C(=O)O. The second kappa shape index (κ2) is 11.0. The zero-order valence-corrected chi connectivity index (χ0v) is 16.2. The standard InChI is InChI=1S/C18H32N6O4/c19-12(17(25)26)6-1-3-10-21-24-11-4-2-8-14-16(24)23-15(22-14)9-5-7-13(20)18(27)28/h12-13,21H,1-11,19-20H2,(H,22,23)(H,25,26)(H,27,28)/t12-,13?/m0/s1. The molecule has 1 aromatic heterocycles. The summed E-state index contributed by atoms with van der Waals surface area (Å²) in [5.41, 5.74) is 15.5. The van der Waals surface area contributed by atoms with Crippen LogP contribution in [-0.2, 0) is 22.4 Å². The minimum atomic E-state index is -0.977. The second-order valence-corrected chi connectivity index (χ2v) is 7.28. The topological polar surface area (TPSA) is 171 Å². The maximum absolute atomic E-state index is 10.8. The van der Waals surface area contributed by atoms with Gasteiger partial charge in [0.05, 0.1) is 5.69 Å². The highest BCUT2D eigenvalue weighted by Crippen LogP contribution is 2.23. The summed E-state index contributed by atoms with van der Waals surface area (Å²) in [7, 11) is 0. The van der Waals surface area contributed by atoms with E-state index in [0.717, 1.165) is 62.5 Å². The number of aromatic nitrogens is 2. The number of carboxylic acid groups (broad SMARTS) is 2. The van der Waals surface area contributed by atoms with Gasteiger partial charge in [-0.05, 0) is 51.4 Å². The van der Waals surface area contributed by atoms with E-state index >= 15 is 0 Å². The average Bonchev–Trinajstić information content (AvgIpc) is 2.96. The summed E-state index contributed by atoms with van der Waals surface area (Å²) in [4.78, 5) is 29.6. The predicted molar refractivity (Wildman–Crippen MR) is 105 cm³/mol. The van der Waals surface area contributed by atoms with Crippen molar-refractivity contribution >= 4 is 17.8 Å². The molecule has 8 N–H and O–H groups in total. The third-order valence-electron chi connectivity index (χ3n) is 4.93. The van der Waals surface area contributed by atoms with Gasteiger partial charge in [-0.25, -0.2) is 10.4 Å². The Hall–Kier alpha value is -2.17. The molecular weight excluding hydrogens is 364 g/mol. The van der Waals surface area contributed by atoms with Crippen molar-refractivity contribution in [2.75, 3.05) is 18.1 Å². The maximum atomic E-state index is 10.8. The second-order valence-electron chi connectivity index (χ2n) is 7.28. The lowest BCUT2D eigenvalue weighted by Crippen LogP contribution is -2.40. The highest BCUT2D eigenvalue weighted by Gasteiger charge is 2.20. The molecule has 2 heterocycles. The largest absolute Gasteiger partial charge is 0.480 e. The highest BCUT2D eigenvalue weighted by molar-refractivity contribution is 5.73. The molecule has 0 spiro atoms. The van der Waals surface area contributed by atoms with Gasteiger partial charge in [0.25, 0.3) is 0 Å². The van der Waals surface area contributed by atoms with E-state index in [0.29, 0.717) is 25.7 Å². The monoisotopic (exact) mass is 396 g/mol. The van der Waals surface area contributed by atoms with Crippen LogP contribution in [0.4, 0.5) is 5.82 Å². The van der Waals surface area contributed by atoms with Gasteiger partial charge in [0.15, 0.2) is 5.82 Å². The summed E-state index contributed by atoms with van der Waals surface area (Å²) in [5, 5.41) is 19.7. The lowest BCUT2D eigenvalue weighted by Gasteiger charge is -2.22. The van der Waals surface area contributed by atoms with Crippen LogP contribution in [0.2, 0.25) is 0 Å². The van der Waals surface area contributed by atoms with Crippen LogP contribution < -0.4 is 21.9 Å². The normalized spacial score (nSPS) is 16.3. The molecule has 28 heavy (non-hydrogen) atoms. The van der Waals surface area contributed by atoms with E-state index in [1.165, 1.54) is 0 Å². The van der Waals surface area contributed by atoms with Gasteiger partial charge in [-0.3, -0.25) is 14.6 Å². The number of rotatable bonds is 12. The molecule has 2 atom stereocenters. The number of carboxylic acids is 2. The van der Waals surface area contributed by atoms with E-state index in [9.17, 15) is 9.59 Å². The fourth-order valence-corrected chi connectivity index (χ4v) is 3.24. The molecule has 0 saturated carbocycles. The summed E-state index contributed by atoms with van der Waals surface area (Å²) >= 11 is 0. The van der Waals surface area contributed by atoms with Gasteiger partial charge in [0.1, 0.15) is 17.9 Å². The van der Waals surface area contributed by atoms with Gasteiger partial charge in [0, 0.05) is 19.5 Å². The van der Waals surface area contributed by atoms with Crippen LogP contribution in [0.15, 0.2) is 0 Å². The minimum absolute atomic E-state index is 0.418. The summed E-state index contributed by atoms with van der Waals surface area (Å²) in [6.45, 7) is 1.58. The van der Waals surface area contributed by atoms with Crippen molar-refractivity contribution in [1.82, 2.24) is 15.4 Å². The number of nitrogens with zero attached hydrogens (tertiary/aromatic N) is 2. The number of aliphatic carboxylic acids is 2. The van der Waals surface area contributed by atoms with Gasteiger partial charge >= 0.3 is 11.9 Å². The van der Waals surface area contributed by atoms with Crippen LogP contribution in [0.25, 0.3) is 0 Å². The molecule has 158 valence electrons. The molecule has 10 heteroatoms. The molecule has 0 fully saturated rings. The number of aryl methyl sites for hydroxylation is 2. The molecule has 0 radical (unpaired) electrons. The number of H-pyrrole nitrogens is 1. The third kappa shape index (κ3) is 6.77. The van der Waals surface area contributed by atoms with Crippen molar-refractivity contribution in [2.24, 2.45) is 11.5 Å². The fourth-order valence-electron chi connectivity index (χ4n) is 3.24. The molecule has 0 aromatic carbocycles. The van der Waals surface area contributed by atoms with E-state index in [2.05, 4.69) is 15.4 Å². The number of carbonyl (C=O) groups is 2. The third-order valence-corrected chi connectivity index (χ3v) is 4.93. The van der Waals surface area contributed by atoms with Crippen LogP contribution in [-0.4, -0.2) is 57.3 Å². The van der Waals surface area contributed by atoms with Gasteiger partial charge in [-0.1, -0.05) is 0 Å². The van der Waals surface area contributed by atoms with Gasteiger partial charge in [-0.2, -0.15) is 0 Å². The molecule has 0 saturated heterocycles. The summed E-state index contributed by atoms with van der Waals surface area (Å²) in [5.74, 6) is -0.186. The zero-order chi connectivity index (χ0) is 20.5. The molecule has 1 aromatic rings. The first-order valence-corrected chi connectivity index (χ1v) is 9.94. The van der Waals surface area contributed by atoms with E-state index in [1.807, 2.05) is 0 Å². The van der Waals surface area contributed by atoms with E-state index < -0.39 is 24.0 Å². The molecule has 1 aliphatic heterocycles. The summed E-state index contributed by atoms with van der Waals surface area (Å²) in [6.07, 6.45) is 6.85. The molecule has 1 unspecified atom stereocenters. The fraction of sp³-hybridized carbons (Fsp3) is 0.722. The quantitative estimate of drug-likeness (QED) is 0.273. The van der Waals surface area contributed by atoms with Crippen LogP contribution in [0.5, 0.6) is 0 Å². The zero-order valence-electron chi connectivity index (χ0n) is 16.2. The van der Waals surface area contributed by atoms with Gasteiger partial charge in [0.2, 0.25) is 0 Å². The van der Waals surface area contributed by atoms with Crippen molar-refractivity contribution in [3.63, 3.8) is 0 Å². The number of anilines is 1. The average molecular weight is 396 g/mol. The Morgan fingerprint density at radius 1 is 1.11 bits per heavy atom. The predicted octanol–water partition coefficient (Wildman–Crippen LogP) is 0.374. The summed E-state index contributed by atoms with van der Waals surface area (Å²) < 4.78 is 0. The Morgan fingerprint density at radius 3 is 2.46 bits per heavy atom. The lowest BCUT2D eigenvalue weighted by molar-refractivity contribution is -0.139. The van der Waals surface area contributed by atoms with Crippen LogP contribution in [0.1, 0.15) is 56.5 Å². The number of hydrogen-bond acceptors (Lipinski definition) is 7. The Morgan fingerprint density at radius 2 is 1.79 bits per heavy atom. The number of unbranched alkanes of at least 4 members (excludes halogenated alkanes) is 1. The lowest BCUT2D eigenvalue weighted by atomic mass is 10.1. The Balaban J connectivity index is 1.82. The van der Waals surface area contributed by atoms with Crippen molar-refractivity contribution < 1.29 is 19.8 Å². The molecular formula is C18H32N6O4. The highest BCUT2D eigenvalue weighted by atomic mass is 16.4. The van der Waals surface area contributed by atoms with Gasteiger partial charge in [-0.15, -0.1) is 0 Å². The number of imidazole rings is 1. The molecule has 0 aliphatic carbocycles. The van der Waals surface area contributed by atoms with Crippen molar-refractivity contribution in [3.05, 3.63) is 11.5 Å².